The molecule has 0 atom stereocenters. The normalized spacial score (nSPS) is 9.92. The van der Waals surface area contributed by atoms with E-state index in [4.69, 9.17) is 0 Å². The molecule has 0 aliphatic rings. The van der Waals surface area contributed by atoms with Crippen molar-refractivity contribution < 1.29 is 37.5 Å². The van der Waals surface area contributed by atoms with Crippen molar-refractivity contribution in [2.24, 2.45) is 0 Å². The summed E-state index contributed by atoms with van der Waals surface area (Å²) in [5.41, 5.74) is 0.731. The van der Waals surface area contributed by atoms with Gasteiger partial charge in [-0.05, 0) is 23.9 Å². The standard InChI is InChI=1S/2C9H7NO2.Cu/c2*11-7-3-1-2-6-4-5-8(12)10-9(6)7;/h2*1-5,11H,(H,10,12);/q;;+2/p-2. The molecule has 2 N–H and O–H groups in total. The molecule has 6 nitrogen and oxygen atoms in total. The Morgan fingerprint density at radius 3 is 1.40 bits per heavy atom. The van der Waals surface area contributed by atoms with Crippen LogP contribution in [0.5, 0.6) is 23.3 Å². The van der Waals surface area contributed by atoms with E-state index in [-0.39, 0.29) is 40.3 Å². The first-order chi connectivity index (χ1) is 11.5. The quantitative estimate of drug-likeness (QED) is 0.449. The minimum atomic E-state index is -0.330. The number of aromatic hydroxyl groups is 2. The molecule has 0 aliphatic heterocycles. The molecule has 2 aromatic heterocycles. The van der Waals surface area contributed by atoms with Gasteiger partial charge in [-0.1, -0.05) is 48.5 Å². The molecule has 4 aromatic rings. The van der Waals surface area contributed by atoms with Gasteiger partial charge in [0.1, 0.15) is 22.5 Å². The first-order valence-electron chi connectivity index (χ1n) is 7.06. The second-order valence-corrected chi connectivity index (χ2v) is 5.00. The van der Waals surface area contributed by atoms with Crippen LogP contribution in [-0.4, -0.2) is 20.2 Å². The molecule has 0 spiro atoms. The molecule has 0 amide bonds. The molecule has 4 rings (SSSR count). The van der Waals surface area contributed by atoms with Gasteiger partial charge in [0.05, 0.1) is 0 Å². The van der Waals surface area contributed by atoms with Crippen molar-refractivity contribution in [3.05, 3.63) is 60.7 Å². The summed E-state index contributed by atoms with van der Waals surface area (Å²) in [6.07, 6.45) is 0. The Labute approximate surface area is 153 Å². The van der Waals surface area contributed by atoms with Crippen molar-refractivity contribution >= 4 is 21.8 Å². The third kappa shape index (κ3) is 4.09. The molecular weight excluding hydrogens is 372 g/mol. The second-order valence-electron chi connectivity index (χ2n) is 5.00. The van der Waals surface area contributed by atoms with Crippen LogP contribution in [0.15, 0.2) is 60.7 Å². The average Bonchev–Trinajstić information content (AvgIpc) is 2.57. The Balaban J connectivity index is 0.000000173. The molecule has 2 aromatic carbocycles. The number of rotatable bonds is 0. The van der Waals surface area contributed by atoms with Gasteiger partial charge in [0.25, 0.3) is 0 Å². The van der Waals surface area contributed by atoms with Gasteiger partial charge in [0.15, 0.2) is 0 Å². The topological polar surface area (TPSA) is 112 Å². The van der Waals surface area contributed by atoms with E-state index in [2.05, 4.69) is 9.97 Å². The largest absolute Gasteiger partial charge is 2.00 e. The zero-order chi connectivity index (χ0) is 17.1. The van der Waals surface area contributed by atoms with E-state index in [1.807, 2.05) is 0 Å². The van der Waals surface area contributed by atoms with Crippen LogP contribution in [0.3, 0.4) is 0 Å². The van der Waals surface area contributed by atoms with Crippen LogP contribution in [0.1, 0.15) is 0 Å². The summed E-state index contributed by atoms with van der Waals surface area (Å²) in [6.45, 7) is 0. The summed E-state index contributed by atoms with van der Waals surface area (Å²) >= 11 is 0. The third-order valence-electron chi connectivity index (χ3n) is 3.35. The van der Waals surface area contributed by atoms with Crippen LogP contribution < -0.4 is 10.2 Å². The van der Waals surface area contributed by atoms with E-state index in [9.17, 15) is 20.4 Å². The van der Waals surface area contributed by atoms with E-state index >= 15 is 0 Å². The number of fused-ring (bicyclic) bond motifs is 2. The fourth-order valence-corrected chi connectivity index (χ4v) is 2.23. The summed E-state index contributed by atoms with van der Waals surface area (Å²) in [4.78, 5) is 7.34. The Kier molecular flexibility index (Phi) is 5.64. The van der Waals surface area contributed by atoms with Crippen molar-refractivity contribution in [2.45, 2.75) is 0 Å². The maximum absolute atomic E-state index is 10.8. The monoisotopic (exact) mass is 383 g/mol. The van der Waals surface area contributed by atoms with Gasteiger partial charge in [-0.15, -0.1) is 0 Å². The van der Waals surface area contributed by atoms with Gasteiger partial charge < -0.3 is 20.4 Å². The van der Waals surface area contributed by atoms with Crippen LogP contribution >= 0.6 is 0 Å². The number of pyridine rings is 2. The number of nitrogens with zero attached hydrogens (tertiary/aromatic N) is 2. The maximum Gasteiger partial charge on any atom is 2.00 e. The predicted octanol–water partition coefficient (Wildman–Crippen LogP) is 2.03. The first kappa shape index (κ1) is 18.3. The summed E-state index contributed by atoms with van der Waals surface area (Å²) in [5.74, 6) is -0.566. The number of phenols is 2. The Bertz CT molecular complexity index is 941. The van der Waals surface area contributed by atoms with Crippen LogP contribution in [0, 0.1) is 0 Å². The van der Waals surface area contributed by atoms with Gasteiger partial charge in [-0.25, -0.2) is 0 Å². The van der Waals surface area contributed by atoms with Crippen LogP contribution in [0.25, 0.3) is 21.8 Å². The Morgan fingerprint density at radius 1 is 0.600 bits per heavy atom. The fraction of sp³-hybridized carbons (Fsp3) is 0. The summed E-state index contributed by atoms with van der Waals surface area (Å²) in [5, 5.41) is 41.8. The van der Waals surface area contributed by atoms with E-state index in [0.717, 1.165) is 10.8 Å². The molecule has 1 radical (unpaired) electrons. The molecule has 7 heteroatoms. The fourth-order valence-electron chi connectivity index (χ4n) is 2.23. The zero-order valence-corrected chi connectivity index (χ0v) is 13.6. The molecular formula is C18H12CuN2O4. The second kappa shape index (κ2) is 7.70. The average molecular weight is 384 g/mol. The van der Waals surface area contributed by atoms with E-state index in [1.165, 1.54) is 24.3 Å². The van der Waals surface area contributed by atoms with Gasteiger partial charge in [-0.3, -0.25) is 9.97 Å². The number of benzene rings is 2. The van der Waals surface area contributed by atoms with Crippen LogP contribution in [-0.2, 0) is 17.1 Å². The summed E-state index contributed by atoms with van der Waals surface area (Å²) < 4.78 is 0. The predicted molar refractivity (Wildman–Crippen MR) is 85.7 cm³/mol. The molecule has 0 bridgehead atoms. The maximum atomic E-state index is 10.8. The first-order valence-corrected chi connectivity index (χ1v) is 7.06. The summed E-state index contributed by atoms with van der Waals surface area (Å²) in [7, 11) is 0. The number of hydrogen-bond donors (Lipinski definition) is 2. The number of aromatic nitrogens is 2. The van der Waals surface area contributed by atoms with E-state index < -0.39 is 0 Å². The van der Waals surface area contributed by atoms with Gasteiger partial charge >= 0.3 is 17.1 Å². The molecule has 129 valence electrons. The van der Waals surface area contributed by atoms with Crippen molar-refractivity contribution in [3.63, 3.8) is 0 Å². The third-order valence-corrected chi connectivity index (χ3v) is 3.35. The summed E-state index contributed by atoms with van der Waals surface area (Å²) in [6, 6.07) is 16.1. The van der Waals surface area contributed by atoms with Crippen LogP contribution in [0.4, 0.5) is 0 Å². The molecule has 0 saturated carbocycles. The molecule has 25 heavy (non-hydrogen) atoms. The minimum absolute atomic E-state index is 0. The van der Waals surface area contributed by atoms with Crippen molar-refractivity contribution in [3.8, 4) is 23.3 Å². The molecule has 0 aliphatic carbocycles. The number of hydrogen-bond acceptors (Lipinski definition) is 6. The Morgan fingerprint density at radius 2 is 1.00 bits per heavy atom. The smallest absolute Gasteiger partial charge is 0.859 e. The molecule has 0 unspecified atom stereocenters. The van der Waals surface area contributed by atoms with Crippen molar-refractivity contribution in [1.82, 2.24) is 9.97 Å². The zero-order valence-electron chi connectivity index (χ0n) is 12.7. The van der Waals surface area contributed by atoms with Gasteiger partial charge in [0, 0.05) is 10.8 Å². The minimum Gasteiger partial charge on any atom is -0.859 e. The number of phenolic OH excluding ortho intramolecular Hbond substituents is 2. The van der Waals surface area contributed by atoms with E-state index in [1.54, 1.807) is 36.4 Å². The SMILES string of the molecule is [Cu+2].[O-]c1ccc2cccc(O)c2n1.[O-]c1ccc2cccc(O)c2n1. The molecule has 0 fully saturated rings. The molecule has 2 heterocycles. The Hall–Kier alpha value is -3.02. The van der Waals surface area contributed by atoms with E-state index in [0.29, 0.717) is 11.0 Å². The van der Waals surface area contributed by atoms with Crippen molar-refractivity contribution in [1.29, 1.82) is 0 Å². The number of para-hydroxylation sites is 2. The van der Waals surface area contributed by atoms with Gasteiger partial charge in [0.2, 0.25) is 0 Å². The van der Waals surface area contributed by atoms with Crippen molar-refractivity contribution in [2.75, 3.05) is 0 Å². The molecule has 0 saturated heterocycles. The van der Waals surface area contributed by atoms with Crippen LogP contribution in [0.2, 0.25) is 0 Å². The van der Waals surface area contributed by atoms with Gasteiger partial charge in [-0.2, -0.15) is 0 Å².